The van der Waals surface area contributed by atoms with Gasteiger partial charge in [0.25, 0.3) is 11.6 Å². The third-order valence-corrected chi connectivity index (χ3v) is 4.51. The highest BCUT2D eigenvalue weighted by Gasteiger charge is 2.64. The first-order chi connectivity index (χ1) is 10.6. The van der Waals surface area contributed by atoms with Gasteiger partial charge in [-0.15, -0.1) is 0 Å². The highest BCUT2D eigenvalue weighted by atomic mass is 16.5. The molecule has 2 atom stereocenters. The lowest BCUT2D eigenvalue weighted by Gasteiger charge is -2.41. The molecule has 1 aromatic rings. The van der Waals surface area contributed by atoms with Gasteiger partial charge in [-0.3, -0.25) is 9.69 Å². The number of ether oxygens (including phenoxy) is 2. The second kappa shape index (κ2) is 5.17. The maximum Gasteiger partial charge on any atom is 0.357 e. The SMILES string of the molecule is COC(=O)[C@]12C(=O)NC[C@H](CN1c1ccc(OC)cc1)N2C. The Morgan fingerprint density at radius 1 is 1.32 bits per heavy atom. The fraction of sp³-hybridized carbons (Fsp3) is 0.467. The topological polar surface area (TPSA) is 71.1 Å². The summed E-state index contributed by atoms with van der Waals surface area (Å²) in [5.74, 6) is -0.215. The van der Waals surface area contributed by atoms with Gasteiger partial charge < -0.3 is 19.7 Å². The number of fused-ring (bicyclic) bond motifs is 2. The Bertz CT molecular complexity index is 593. The molecule has 0 radical (unpaired) electrons. The molecule has 7 heteroatoms. The molecular formula is C15H19N3O4. The van der Waals surface area contributed by atoms with E-state index in [-0.39, 0.29) is 11.9 Å². The molecule has 2 aliphatic heterocycles. The zero-order valence-corrected chi connectivity index (χ0v) is 12.8. The predicted molar refractivity (Wildman–Crippen MR) is 79.6 cm³/mol. The molecule has 0 aromatic heterocycles. The van der Waals surface area contributed by atoms with E-state index in [9.17, 15) is 9.59 Å². The fourth-order valence-corrected chi connectivity index (χ4v) is 3.28. The number of anilines is 1. The van der Waals surface area contributed by atoms with Gasteiger partial charge in [-0.05, 0) is 31.3 Å². The molecule has 0 spiro atoms. The summed E-state index contributed by atoms with van der Waals surface area (Å²) >= 11 is 0. The molecule has 22 heavy (non-hydrogen) atoms. The van der Waals surface area contributed by atoms with Crippen LogP contribution in [-0.2, 0) is 14.3 Å². The van der Waals surface area contributed by atoms with Crippen LogP contribution in [0.3, 0.4) is 0 Å². The fourth-order valence-electron chi connectivity index (χ4n) is 3.28. The Labute approximate surface area is 128 Å². The first-order valence-corrected chi connectivity index (χ1v) is 7.07. The van der Waals surface area contributed by atoms with Gasteiger partial charge in [0, 0.05) is 24.8 Å². The molecule has 2 heterocycles. The van der Waals surface area contributed by atoms with Crippen LogP contribution in [0.15, 0.2) is 24.3 Å². The zero-order valence-electron chi connectivity index (χ0n) is 12.8. The van der Waals surface area contributed by atoms with E-state index in [1.54, 1.807) is 36.1 Å². The minimum absolute atomic E-state index is 0.0545. The number of amides is 1. The van der Waals surface area contributed by atoms with Crippen LogP contribution in [0.1, 0.15) is 0 Å². The smallest absolute Gasteiger partial charge is 0.357 e. The molecule has 0 saturated carbocycles. The van der Waals surface area contributed by atoms with Crippen LogP contribution < -0.4 is 15.0 Å². The Kier molecular flexibility index (Phi) is 3.44. The first-order valence-electron chi connectivity index (χ1n) is 7.07. The average Bonchev–Trinajstić information content (AvgIpc) is 2.75. The lowest BCUT2D eigenvalue weighted by Crippen LogP contribution is -2.71. The normalized spacial score (nSPS) is 27.5. The molecule has 1 aromatic carbocycles. The highest BCUT2D eigenvalue weighted by molar-refractivity contribution is 6.11. The highest BCUT2D eigenvalue weighted by Crippen LogP contribution is 2.38. The van der Waals surface area contributed by atoms with Crippen molar-refractivity contribution >= 4 is 17.6 Å². The third-order valence-electron chi connectivity index (χ3n) is 4.51. The molecule has 2 aliphatic rings. The van der Waals surface area contributed by atoms with Gasteiger partial charge in [0.1, 0.15) is 5.75 Å². The molecule has 3 rings (SSSR count). The van der Waals surface area contributed by atoms with Gasteiger partial charge in [0.2, 0.25) is 0 Å². The molecule has 0 aliphatic carbocycles. The summed E-state index contributed by atoms with van der Waals surface area (Å²) in [6.45, 7) is 1.08. The Morgan fingerprint density at radius 2 is 2.00 bits per heavy atom. The molecule has 2 bridgehead atoms. The van der Waals surface area contributed by atoms with Crippen molar-refractivity contribution in [3.8, 4) is 5.75 Å². The Balaban J connectivity index is 2.08. The molecule has 1 amide bonds. The van der Waals surface area contributed by atoms with E-state index in [1.165, 1.54) is 7.11 Å². The molecular weight excluding hydrogens is 286 g/mol. The van der Waals surface area contributed by atoms with Crippen molar-refractivity contribution in [3.63, 3.8) is 0 Å². The lowest BCUT2D eigenvalue weighted by atomic mass is 10.0. The van der Waals surface area contributed by atoms with Crippen molar-refractivity contribution < 1.29 is 19.1 Å². The molecule has 7 nitrogen and oxygen atoms in total. The second-order valence-electron chi connectivity index (χ2n) is 5.45. The van der Waals surface area contributed by atoms with Gasteiger partial charge in [-0.25, -0.2) is 4.79 Å². The van der Waals surface area contributed by atoms with Crippen molar-refractivity contribution in [1.29, 1.82) is 0 Å². The summed E-state index contributed by atoms with van der Waals surface area (Å²) in [5, 5.41) is 2.81. The number of nitrogens with one attached hydrogen (secondary N) is 1. The standard InChI is InChI=1S/C15H19N3O4/c1-17-11-8-16-13(19)15(17,14(20)22-3)18(9-11)10-4-6-12(21-2)7-5-10/h4-7,11H,8-9H2,1-3H3,(H,16,19)/t11-,15+/m1/s1. The summed E-state index contributed by atoms with van der Waals surface area (Å²) in [5.41, 5.74) is -0.677. The van der Waals surface area contributed by atoms with Gasteiger partial charge in [0.15, 0.2) is 0 Å². The van der Waals surface area contributed by atoms with Gasteiger partial charge in [0.05, 0.1) is 14.2 Å². The molecule has 0 unspecified atom stereocenters. The van der Waals surface area contributed by atoms with E-state index >= 15 is 0 Å². The number of benzene rings is 1. The lowest BCUT2D eigenvalue weighted by molar-refractivity contribution is -0.161. The molecule has 2 fully saturated rings. The van der Waals surface area contributed by atoms with Crippen molar-refractivity contribution in [3.05, 3.63) is 24.3 Å². The number of hydrogen-bond acceptors (Lipinski definition) is 6. The van der Waals surface area contributed by atoms with Crippen LogP contribution >= 0.6 is 0 Å². The summed E-state index contributed by atoms with van der Waals surface area (Å²) in [4.78, 5) is 28.6. The van der Waals surface area contributed by atoms with Crippen molar-refractivity contribution in [2.75, 3.05) is 39.3 Å². The van der Waals surface area contributed by atoms with Crippen molar-refractivity contribution in [2.24, 2.45) is 0 Å². The van der Waals surface area contributed by atoms with Crippen LogP contribution in [0.25, 0.3) is 0 Å². The number of rotatable bonds is 3. The minimum atomic E-state index is -1.45. The summed E-state index contributed by atoms with van der Waals surface area (Å²) in [7, 11) is 4.67. The van der Waals surface area contributed by atoms with Gasteiger partial charge >= 0.3 is 5.97 Å². The molecule has 118 valence electrons. The quantitative estimate of drug-likeness (QED) is 0.617. The maximum atomic E-state index is 12.6. The molecule has 1 N–H and O–H groups in total. The first kappa shape index (κ1) is 14.6. The summed E-state index contributed by atoms with van der Waals surface area (Å²) < 4.78 is 10.1. The van der Waals surface area contributed by atoms with Crippen molar-refractivity contribution in [2.45, 2.75) is 11.7 Å². The zero-order chi connectivity index (χ0) is 15.9. The maximum absolute atomic E-state index is 12.6. The summed E-state index contributed by atoms with van der Waals surface area (Å²) in [6, 6.07) is 7.34. The summed E-state index contributed by atoms with van der Waals surface area (Å²) in [6.07, 6.45) is 0. The van der Waals surface area contributed by atoms with Crippen LogP contribution in [0.4, 0.5) is 5.69 Å². The number of carbonyl (C=O) groups excluding carboxylic acids is 2. The number of nitrogens with zero attached hydrogens (tertiary/aromatic N) is 2. The van der Waals surface area contributed by atoms with Gasteiger partial charge in [-0.2, -0.15) is 0 Å². The number of likely N-dealkylation sites (N-methyl/N-ethyl adjacent to an activating group) is 1. The van der Waals surface area contributed by atoms with E-state index in [4.69, 9.17) is 9.47 Å². The van der Waals surface area contributed by atoms with E-state index in [2.05, 4.69) is 5.32 Å². The van der Waals surface area contributed by atoms with Crippen LogP contribution in [-0.4, -0.2) is 62.8 Å². The Hall–Kier alpha value is -2.28. The van der Waals surface area contributed by atoms with Crippen molar-refractivity contribution in [1.82, 2.24) is 10.2 Å². The van der Waals surface area contributed by atoms with Crippen LogP contribution in [0.5, 0.6) is 5.75 Å². The van der Waals surface area contributed by atoms with Gasteiger partial charge in [-0.1, -0.05) is 0 Å². The van der Waals surface area contributed by atoms with E-state index in [0.717, 1.165) is 11.4 Å². The average molecular weight is 305 g/mol. The van der Waals surface area contributed by atoms with Crippen LogP contribution in [0, 0.1) is 0 Å². The number of hydrogen-bond donors (Lipinski definition) is 1. The van der Waals surface area contributed by atoms with Crippen LogP contribution in [0.2, 0.25) is 0 Å². The van der Waals surface area contributed by atoms with E-state index in [0.29, 0.717) is 13.1 Å². The van der Waals surface area contributed by atoms with E-state index < -0.39 is 11.6 Å². The minimum Gasteiger partial charge on any atom is -0.497 e. The number of esters is 1. The Morgan fingerprint density at radius 3 is 2.59 bits per heavy atom. The molecule has 2 saturated heterocycles. The number of carbonyl (C=O) groups is 2. The predicted octanol–water partition coefficient (Wildman–Crippen LogP) is -0.185. The third kappa shape index (κ3) is 1.78. The largest absolute Gasteiger partial charge is 0.497 e. The second-order valence-corrected chi connectivity index (χ2v) is 5.45. The number of piperazine rings is 1. The number of methoxy groups -OCH3 is 2. The van der Waals surface area contributed by atoms with E-state index in [1.807, 2.05) is 12.1 Å². The monoisotopic (exact) mass is 305 g/mol.